The molecule has 4 heteroatoms. The minimum absolute atomic E-state index is 0.0252. The highest BCUT2D eigenvalue weighted by atomic mass is 32.1. The van der Waals surface area contributed by atoms with Gasteiger partial charge in [-0.2, -0.15) is 0 Å². The number of thiophene rings is 1. The summed E-state index contributed by atoms with van der Waals surface area (Å²) >= 11 is 1.76. The Bertz CT molecular complexity index is 398. The number of carbonyl (C=O) groups excluding carboxylic acids is 1. The quantitative estimate of drug-likeness (QED) is 0.867. The van der Waals surface area contributed by atoms with Crippen LogP contribution in [0.5, 0.6) is 0 Å². The van der Waals surface area contributed by atoms with E-state index in [9.17, 15) is 4.79 Å². The zero-order chi connectivity index (χ0) is 13.2. The van der Waals surface area contributed by atoms with Gasteiger partial charge < -0.3 is 11.1 Å². The Morgan fingerprint density at radius 3 is 2.35 bits per heavy atom. The molecule has 0 saturated carbocycles. The molecule has 0 aliphatic carbocycles. The summed E-state index contributed by atoms with van der Waals surface area (Å²) in [5.74, 6) is 0.0864. The average molecular weight is 254 g/mol. The smallest absolute Gasteiger partial charge is 0.237 e. The lowest BCUT2D eigenvalue weighted by Gasteiger charge is -2.19. The van der Waals surface area contributed by atoms with Crippen molar-refractivity contribution in [3.05, 3.63) is 21.4 Å². The molecule has 1 amide bonds. The first kappa shape index (κ1) is 14.2. The van der Waals surface area contributed by atoms with Crippen molar-refractivity contribution in [2.24, 2.45) is 11.7 Å². The highest BCUT2D eigenvalue weighted by Crippen LogP contribution is 2.26. The van der Waals surface area contributed by atoms with Gasteiger partial charge >= 0.3 is 0 Å². The Hall–Kier alpha value is -0.870. The second kappa shape index (κ2) is 5.65. The predicted molar refractivity (Wildman–Crippen MR) is 73.2 cm³/mol. The van der Waals surface area contributed by atoms with E-state index in [2.05, 4.69) is 25.2 Å². The normalized spacial score (nSPS) is 14.8. The van der Waals surface area contributed by atoms with E-state index in [1.165, 1.54) is 15.3 Å². The molecule has 1 aromatic heterocycles. The number of hydrogen-bond donors (Lipinski definition) is 2. The molecule has 0 spiro atoms. The highest BCUT2D eigenvalue weighted by Gasteiger charge is 2.20. The van der Waals surface area contributed by atoms with E-state index in [0.717, 1.165) is 0 Å². The maximum Gasteiger partial charge on any atom is 0.237 e. The molecule has 96 valence electrons. The van der Waals surface area contributed by atoms with Crippen LogP contribution in [0, 0.1) is 19.8 Å². The van der Waals surface area contributed by atoms with Crippen molar-refractivity contribution >= 4 is 17.2 Å². The van der Waals surface area contributed by atoms with Gasteiger partial charge in [-0.15, -0.1) is 11.3 Å². The molecule has 0 aliphatic rings. The highest BCUT2D eigenvalue weighted by molar-refractivity contribution is 7.12. The summed E-state index contributed by atoms with van der Waals surface area (Å²) in [5.41, 5.74) is 7.01. The molecule has 1 unspecified atom stereocenters. The summed E-state index contributed by atoms with van der Waals surface area (Å²) in [7, 11) is 0. The number of nitrogens with two attached hydrogens (primary N) is 1. The third-order valence-corrected chi connectivity index (χ3v) is 3.91. The molecule has 0 bridgehead atoms. The number of amides is 1. The molecule has 1 heterocycles. The molecule has 0 saturated heterocycles. The van der Waals surface area contributed by atoms with Crippen LogP contribution in [0.3, 0.4) is 0 Å². The lowest BCUT2D eigenvalue weighted by Crippen LogP contribution is -2.44. The second-order valence-corrected chi connectivity index (χ2v) is 6.33. The first-order valence-corrected chi connectivity index (χ1v) is 6.77. The Kier molecular flexibility index (Phi) is 4.71. The molecule has 3 nitrogen and oxygen atoms in total. The van der Waals surface area contributed by atoms with Crippen LogP contribution in [0.4, 0.5) is 0 Å². The van der Waals surface area contributed by atoms with E-state index >= 15 is 0 Å². The molecular formula is C13H22N2OS. The van der Waals surface area contributed by atoms with Crippen molar-refractivity contribution < 1.29 is 4.79 Å². The van der Waals surface area contributed by atoms with E-state index in [4.69, 9.17) is 5.73 Å². The van der Waals surface area contributed by atoms with Gasteiger partial charge in [-0.3, -0.25) is 4.79 Å². The van der Waals surface area contributed by atoms with Gasteiger partial charge in [-0.1, -0.05) is 13.8 Å². The van der Waals surface area contributed by atoms with E-state index in [1.54, 1.807) is 11.3 Å². The number of nitrogens with one attached hydrogen (secondary N) is 1. The summed E-state index contributed by atoms with van der Waals surface area (Å²) < 4.78 is 0. The summed E-state index contributed by atoms with van der Waals surface area (Å²) in [4.78, 5) is 14.4. The summed E-state index contributed by atoms with van der Waals surface area (Å²) in [6.45, 7) is 10.1. The SMILES string of the molecule is Cc1cc(C(C)NC(=O)[C@H](N)C(C)C)c(C)s1. The molecule has 1 aromatic rings. The van der Waals surface area contributed by atoms with Gasteiger partial charge in [0.05, 0.1) is 12.1 Å². The van der Waals surface area contributed by atoms with E-state index in [1.807, 2.05) is 20.8 Å². The number of hydrogen-bond acceptors (Lipinski definition) is 3. The lowest BCUT2D eigenvalue weighted by atomic mass is 10.0. The zero-order valence-electron chi connectivity index (χ0n) is 11.2. The fourth-order valence-corrected chi connectivity index (χ4v) is 2.79. The van der Waals surface area contributed by atoms with Crippen molar-refractivity contribution in [1.82, 2.24) is 5.32 Å². The molecule has 0 aliphatic heterocycles. The van der Waals surface area contributed by atoms with E-state index in [0.29, 0.717) is 0 Å². The van der Waals surface area contributed by atoms with Crippen molar-refractivity contribution in [3.8, 4) is 0 Å². The number of rotatable bonds is 4. The van der Waals surface area contributed by atoms with Gasteiger partial charge in [-0.05, 0) is 38.3 Å². The molecule has 0 aromatic carbocycles. The van der Waals surface area contributed by atoms with Crippen molar-refractivity contribution in [2.75, 3.05) is 0 Å². The molecule has 17 heavy (non-hydrogen) atoms. The Morgan fingerprint density at radius 1 is 1.35 bits per heavy atom. The number of carbonyl (C=O) groups is 1. The third-order valence-electron chi connectivity index (χ3n) is 2.93. The van der Waals surface area contributed by atoms with Gasteiger partial charge in [0.2, 0.25) is 5.91 Å². The molecule has 1 rings (SSSR count). The fraction of sp³-hybridized carbons (Fsp3) is 0.615. The predicted octanol–water partition coefficient (Wildman–Crippen LogP) is 2.53. The van der Waals surface area contributed by atoms with Crippen LogP contribution in [0.2, 0.25) is 0 Å². The minimum atomic E-state index is -0.433. The van der Waals surface area contributed by atoms with E-state index in [-0.39, 0.29) is 17.9 Å². The molecule has 0 radical (unpaired) electrons. The minimum Gasteiger partial charge on any atom is -0.348 e. The van der Waals surface area contributed by atoms with Crippen molar-refractivity contribution in [1.29, 1.82) is 0 Å². The third kappa shape index (κ3) is 3.54. The second-order valence-electron chi connectivity index (χ2n) is 4.87. The molecule has 2 atom stereocenters. The lowest BCUT2D eigenvalue weighted by molar-refractivity contribution is -0.123. The molecular weight excluding hydrogens is 232 g/mol. The largest absolute Gasteiger partial charge is 0.348 e. The van der Waals surface area contributed by atoms with Crippen molar-refractivity contribution in [3.63, 3.8) is 0 Å². The zero-order valence-corrected chi connectivity index (χ0v) is 12.0. The molecule has 0 fully saturated rings. The summed E-state index contributed by atoms with van der Waals surface area (Å²) in [6, 6.07) is 1.72. The van der Waals surface area contributed by atoms with Crippen LogP contribution < -0.4 is 11.1 Å². The van der Waals surface area contributed by atoms with Crippen molar-refractivity contribution in [2.45, 2.75) is 46.7 Å². The van der Waals surface area contributed by atoms with Gasteiger partial charge in [0.1, 0.15) is 0 Å². The summed E-state index contributed by atoms with van der Waals surface area (Å²) in [5, 5.41) is 2.97. The van der Waals surface area contributed by atoms with Crippen LogP contribution in [-0.2, 0) is 4.79 Å². The average Bonchev–Trinajstić information content (AvgIpc) is 2.56. The Balaban J connectivity index is 2.70. The standard InChI is InChI=1S/C13H22N2OS/c1-7(2)12(14)13(16)15-9(4)11-6-8(3)17-10(11)5/h6-7,9,12H,14H2,1-5H3,(H,15,16)/t9?,12-/m1/s1. The Morgan fingerprint density at radius 2 is 1.94 bits per heavy atom. The maximum atomic E-state index is 11.9. The number of aryl methyl sites for hydroxylation is 2. The maximum absolute atomic E-state index is 11.9. The van der Waals surface area contributed by atoms with Gasteiger partial charge in [0, 0.05) is 9.75 Å². The molecule has 3 N–H and O–H groups in total. The van der Waals surface area contributed by atoms with E-state index < -0.39 is 6.04 Å². The van der Waals surface area contributed by atoms with Crippen LogP contribution in [0.25, 0.3) is 0 Å². The van der Waals surface area contributed by atoms with Gasteiger partial charge in [0.15, 0.2) is 0 Å². The summed E-state index contributed by atoms with van der Waals surface area (Å²) in [6.07, 6.45) is 0. The monoisotopic (exact) mass is 254 g/mol. The Labute approximate surface area is 107 Å². The topological polar surface area (TPSA) is 55.1 Å². The van der Waals surface area contributed by atoms with Crippen LogP contribution in [0.1, 0.15) is 42.1 Å². The van der Waals surface area contributed by atoms with Crippen LogP contribution in [-0.4, -0.2) is 11.9 Å². The van der Waals surface area contributed by atoms with Crippen LogP contribution >= 0.6 is 11.3 Å². The first-order chi connectivity index (χ1) is 7.82. The van der Waals surface area contributed by atoms with Gasteiger partial charge in [-0.25, -0.2) is 0 Å². The van der Waals surface area contributed by atoms with Crippen LogP contribution in [0.15, 0.2) is 6.07 Å². The first-order valence-electron chi connectivity index (χ1n) is 5.95. The fourth-order valence-electron chi connectivity index (χ4n) is 1.77. The van der Waals surface area contributed by atoms with Gasteiger partial charge in [0.25, 0.3) is 0 Å².